The van der Waals surface area contributed by atoms with Gasteiger partial charge in [-0.1, -0.05) is 55.1 Å². The quantitative estimate of drug-likeness (QED) is 0.606. The number of carbonyl (C=O) groups excluding carboxylic acids is 1. The van der Waals surface area contributed by atoms with Crippen LogP contribution in [0, 0.1) is 18.8 Å². The van der Waals surface area contributed by atoms with Gasteiger partial charge < -0.3 is 0 Å². The second-order valence-corrected chi connectivity index (χ2v) is 5.83. The van der Waals surface area contributed by atoms with Gasteiger partial charge in [-0.15, -0.1) is 0 Å². The van der Waals surface area contributed by atoms with Crippen molar-refractivity contribution in [1.29, 1.82) is 0 Å². The Morgan fingerprint density at radius 3 is 2.26 bits per heavy atom. The molecule has 0 atom stereocenters. The molecule has 19 heavy (non-hydrogen) atoms. The average molecular weight is 274 g/mol. The molecule has 102 valence electrons. The van der Waals surface area contributed by atoms with Crippen molar-refractivity contribution in [2.75, 3.05) is 5.75 Å². The molecule has 0 aromatic heterocycles. The lowest BCUT2D eigenvalue weighted by molar-refractivity contribution is -0.109. The van der Waals surface area contributed by atoms with Crippen molar-refractivity contribution >= 4 is 16.9 Å². The maximum absolute atomic E-state index is 10.8. The Labute approximate surface area is 121 Å². The third-order valence-corrected chi connectivity index (χ3v) is 3.77. The molecule has 1 rings (SSSR count). The predicted octanol–water partition coefficient (Wildman–Crippen LogP) is 4.14. The summed E-state index contributed by atoms with van der Waals surface area (Å²) in [5.41, 5.74) is 5.18. The maximum atomic E-state index is 10.8. The molecule has 0 saturated heterocycles. The highest BCUT2D eigenvalue weighted by Crippen LogP contribution is 2.18. The Kier molecular flexibility index (Phi) is 6.73. The normalized spacial score (nSPS) is 9.89. The topological polar surface area (TPSA) is 17.1 Å². The van der Waals surface area contributed by atoms with E-state index in [1.54, 1.807) is 6.92 Å². The van der Waals surface area contributed by atoms with Crippen molar-refractivity contribution in [2.45, 2.75) is 47.0 Å². The van der Waals surface area contributed by atoms with Crippen molar-refractivity contribution in [2.24, 2.45) is 0 Å². The van der Waals surface area contributed by atoms with Crippen LogP contribution in [0.2, 0.25) is 0 Å². The lowest BCUT2D eigenvalue weighted by Gasteiger charge is -2.09. The second-order valence-electron chi connectivity index (χ2n) is 4.56. The molecule has 0 amide bonds. The van der Waals surface area contributed by atoms with Crippen LogP contribution in [0.15, 0.2) is 12.1 Å². The zero-order valence-electron chi connectivity index (χ0n) is 12.3. The summed E-state index contributed by atoms with van der Waals surface area (Å²) in [4.78, 5) is 10.8. The minimum atomic E-state index is 0.167. The smallest absolute Gasteiger partial charge is 0.185 e. The summed E-state index contributed by atoms with van der Waals surface area (Å²) < 4.78 is 0. The van der Waals surface area contributed by atoms with Crippen molar-refractivity contribution < 1.29 is 4.79 Å². The van der Waals surface area contributed by atoms with Gasteiger partial charge in [0.25, 0.3) is 0 Å². The van der Waals surface area contributed by atoms with Crippen LogP contribution in [-0.4, -0.2) is 10.9 Å². The van der Waals surface area contributed by atoms with E-state index in [-0.39, 0.29) is 5.12 Å². The van der Waals surface area contributed by atoms with Gasteiger partial charge in [0.2, 0.25) is 0 Å². The van der Waals surface area contributed by atoms with Gasteiger partial charge >= 0.3 is 0 Å². The summed E-state index contributed by atoms with van der Waals surface area (Å²) >= 11 is 1.35. The van der Waals surface area contributed by atoms with Crippen LogP contribution in [0.3, 0.4) is 0 Å². The van der Waals surface area contributed by atoms with Gasteiger partial charge in [-0.2, -0.15) is 0 Å². The highest BCUT2D eigenvalue weighted by molar-refractivity contribution is 8.13. The molecule has 0 spiro atoms. The first-order valence-corrected chi connectivity index (χ1v) is 7.81. The molecular weight excluding hydrogens is 252 g/mol. The fourth-order valence-corrected chi connectivity index (χ4v) is 2.55. The van der Waals surface area contributed by atoms with E-state index in [4.69, 9.17) is 0 Å². The molecule has 1 aromatic rings. The van der Waals surface area contributed by atoms with Crippen LogP contribution in [0.25, 0.3) is 0 Å². The molecule has 0 heterocycles. The fraction of sp³-hybridized carbons (Fsp3) is 0.471. The number of hydrogen-bond acceptors (Lipinski definition) is 2. The molecule has 0 fully saturated rings. The lowest BCUT2D eigenvalue weighted by Crippen LogP contribution is -1.96. The van der Waals surface area contributed by atoms with Gasteiger partial charge in [-0.3, -0.25) is 4.79 Å². The zero-order valence-corrected chi connectivity index (χ0v) is 13.1. The van der Waals surface area contributed by atoms with Gasteiger partial charge in [0, 0.05) is 24.7 Å². The van der Waals surface area contributed by atoms with Gasteiger partial charge in [0.15, 0.2) is 5.12 Å². The Morgan fingerprint density at radius 1 is 1.21 bits per heavy atom. The van der Waals surface area contributed by atoms with Gasteiger partial charge in [-0.25, -0.2) is 0 Å². The summed E-state index contributed by atoms with van der Waals surface area (Å²) in [6, 6.07) is 4.46. The van der Waals surface area contributed by atoms with E-state index in [9.17, 15) is 4.79 Å². The van der Waals surface area contributed by atoms with Crippen LogP contribution < -0.4 is 0 Å². The molecule has 0 aliphatic heterocycles. The van der Waals surface area contributed by atoms with Crippen molar-refractivity contribution in [1.82, 2.24) is 0 Å². The molecule has 2 heteroatoms. The van der Waals surface area contributed by atoms with Crippen molar-refractivity contribution in [3.63, 3.8) is 0 Å². The Hall–Kier alpha value is -1.20. The molecule has 1 nitrogen and oxygen atoms in total. The lowest BCUT2D eigenvalue weighted by atomic mass is 9.95. The van der Waals surface area contributed by atoms with E-state index in [0.717, 1.165) is 25.0 Å². The molecule has 0 aliphatic rings. The Balaban J connectivity index is 2.87. The number of hydrogen-bond donors (Lipinski definition) is 0. The van der Waals surface area contributed by atoms with E-state index in [1.807, 2.05) is 0 Å². The van der Waals surface area contributed by atoms with Crippen molar-refractivity contribution in [3.8, 4) is 11.8 Å². The summed E-state index contributed by atoms with van der Waals surface area (Å²) in [6.07, 6.45) is 2.80. The third-order valence-electron chi connectivity index (χ3n) is 2.95. The summed E-state index contributed by atoms with van der Waals surface area (Å²) in [6.45, 7) is 8.08. The summed E-state index contributed by atoms with van der Waals surface area (Å²) in [7, 11) is 0. The molecule has 0 bridgehead atoms. The van der Waals surface area contributed by atoms with Crippen LogP contribution in [-0.2, 0) is 17.6 Å². The van der Waals surface area contributed by atoms with E-state index >= 15 is 0 Å². The predicted molar refractivity (Wildman–Crippen MR) is 84.6 cm³/mol. The highest BCUT2D eigenvalue weighted by Gasteiger charge is 2.05. The molecule has 0 saturated carbocycles. The second kappa shape index (κ2) is 8.07. The summed E-state index contributed by atoms with van der Waals surface area (Å²) in [5.74, 6) is 7.30. The zero-order chi connectivity index (χ0) is 14.3. The number of aryl methyl sites for hydroxylation is 3. The monoisotopic (exact) mass is 274 g/mol. The van der Waals surface area contributed by atoms with Gasteiger partial charge in [0.1, 0.15) is 0 Å². The first kappa shape index (κ1) is 15.9. The SMILES string of the molecule is CCc1cc(C)cc(CC)c1C#CCCSC(C)=O. The van der Waals surface area contributed by atoms with E-state index in [1.165, 1.54) is 34.0 Å². The van der Waals surface area contributed by atoms with Gasteiger partial charge in [-0.05, 0) is 30.9 Å². The van der Waals surface area contributed by atoms with Crippen LogP contribution in [0.4, 0.5) is 0 Å². The number of carbonyl (C=O) groups is 1. The standard InChI is InChI=1S/C17H22OS/c1-5-15-11-13(3)12-16(6-2)17(15)9-7-8-10-19-14(4)18/h11-12H,5-6,8,10H2,1-4H3. The third kappa shape index (κ3) is 5.12. The van der Waals surface area contributed by atoms with E-state index < -0.39 is 0 Å². The summed E-state index contributed by atoms with van der Waals surface area (Å²) in [5, 5.41) is 0.167. The number of rotatable bonds is 4. The minimum Gasteiger partial charge on any atom is -0.288 e. The van der Waals surface area contributed by atoms with E-state index in [2.05, 4.69) is 44.7 Å². The average Bonchev–Trinajstić information content (AvgIpc) is 2.38. The maximum Gasteiger partial charge on any atom is 0.185 e. The molecule has 0 unspecified atom stereocenters. The van der Waals surface area contributed by atoms with Crippen LogP contribution >= 0.6 is 11.8 Å². The van der Waals surface area contributed by atoms with Crippen molar-refractivity contribution in [3.05, 3.63) is 34.4 Å². The molecule has 0 N–H and O–H groups in total. The first-order valence-electron chi connectivity index (χ1n) is 6.83. The first-order chi connectivity index (χ1) is 9.08. The fourth-order valence-electron chi connectivity index (χ4n) is 2.06. The number of thioether (sulfide) groups is 1. The Bertz CT molecular complexity index is 481. The minimum absolute atomic E-state index is 0.167. The largest absolute Gasteiger partial charge is 0.288 e. The van der Waals surface area contributed by atoms with Crippen LogP contribution in [0.1, 0.15) is 49.4 Å². The molecule has 0 aliphatic carbocycles. The molecule has 0 radical (unpaired) electrons. The molecular formula is C17H22OS. The Morgan fingerprint density at radius 2 is 1.79 bits per heavy atom. The molecule has 1 aromatic carbocycles. The number of benzene rings is 1. The van der Waals surface area contributed by atoms with Gasteiger partial charge in [0.05, 0.1) is 0 Å². The van der Waals surface area contributed by atoms with E-state index in [0.29, 0.717) is 0 Å². The van der Waals surface area contributed by atoms with Crippen LogP contribution in [0.5, 0.6) is 0 Å². The highest BCUT2D eigenvalue weighted by atomic mass is 32.2.